The fourth-order valence-electron chi connectivity index (χ4n) is 2.46. The Balaban J connectivity index is 1.73. The van der Waals surface area contributed by atoms with Crippen LogP contribution in [0.5, 0.6) is 0 Å². The van der Waals surface area contributed by atoms with Crippen LogP contribution in [0.15, 0.2) is 0 Å². The van der Waals surface area contributed by atoms with Crippen LogP contribution in [0.4, 0.5) is 0 Å². The lowest BCUT2D eigenvalue weighted by atomic mass is 10.2. The Hall–Kier alpha value is -1.10. The SMILES string of the molecule is C[C@@H](OC(=O)[C@@H]1CCCO1)C(=O)NC1CCCC1. The normalized spacial score (nSPS) is 25.9. The first kappa shape index (κ1) is 13.3. The minimum Gasteiger partial charge on any atom is -0.451 e. The second-order valence-electron chi connectivity index (χ2n) is 5.07. The first-order valence-electron chi connectivity index (χ1n) is 6.79. The third-order valence-electron chi connectivity index (χ3n) is 3.56. The number of nitrogens with one attached hydrogen (secondary N) is 1. The van der Waals surface area contributed by atoms with Gasteiger partial charge in [0.25, 0.3) is 5.91 Å². The molecule has 1 saturated carbocycles. The quantitative estimate of drug-likeness (QED) is 0.765. The molecule has 0 unspecified atom stereocenters. The minimum absolute atomic E-state index is 0.201. The summed E-state index contributed by atoms with van der Waals surface area (Å²) in [5.41, 5.74) is 0. The molecular formula is C13H21NO4. The number of hydrogen-bond acceptors (Lipinski definition) is 4. The summed E-state index contributed by atoms with van der Waals surface area (Å²) in [5, 5.41) is 2.92. The average molecular weight is 255 g/mol. The zero-order valence-electron chi connectivity index (χ0n) is 10.8. The number of hydrogen-bond donors (Lipinski definition) is 1. The van der Waals surface area contributed by atoms with E-state index in [1.165, 1.54) is 0 Å². The van der Waals surface area contributed by atoms with Gasteiger partial charge in [0, 0.05) is 12.6 Å². The van der Waals surface area contributed by atoms with E-state index in [0.29, 0.717) is 13.0 Å². The van der Waals surface area contributed by atoms with Crippen LogP contribution in [0.1, 0.15) is 45.4 Å². The van der Waals surface area contributed by atoms with Gasteiger partial charge in [-0.1, -0.05) is 12.8 Å². The van der Waals surface area contributed by atoms with Gasteiger partial charge in [0.15, 0.2) is 12.2 Å². The molecule has 102 valence electrons. The molecule has 1 aliphatic heterocycles. The van der Waals surface area contributed by atoms with Gasteiger partial charge in [-0.05, 0) is 32.6 Å². The van der Waals surface area contributed by atoms with Crippen molar-refractivity contribution < 1.29 is 19.1 Å². The monoisotopic (exact) mass is 255 g/mol. The first-order valence-corrected chi connectivity index (χ1v) is 6.79. The molecule has 0 spiro atoms. The number of rotatable bonds is 4. The molecule has 18 heavy (non-hydrogen) atoms. The van der Waals surface area contributed by atoms with Crippen LogP contribution in [0.2, 0.25) is 0 Å². The molecule has 2 atom stereocenters. The van der Waals surface area contributed by atoms with Crippen LogP contribution in [0.3, 0.4) is 0 Å². The van der Waals surface area contributed by atoms with Crippen molar-refractivity contribution in [1.82, 2.24) is 5.32 Å². The summed E-state index contributed by atoms with van der Waals surface area (Å²) in [6.07, 6.45) is 4.73. The van der Waals surface area contributed by atoms with Crippen molar-refractivity contribution >= 4 is 11.9 Å². The van der Waals surface area contributed by atoms with E-state index in [0.717, 1.165) is 32.1 Å². The molecule has 0 bridgehead atoms. The molecule has 1 saturated heterocycles. The third kappa shape index (κ3) is 3.45. The van der Waals surface area contributed by atoms with Crippen molar-refractivity contribution in [3.05, 3.63) is 0 Å². The van der Waals surface area contributed by atoms with E-state index in [9.17, 15) is 9.59 Å². The van der Waals surface area contributed by atoms with Gasteiger partial charge in [-0.25, -0.2) is 4.79 Å². The third-order valence-corrected chi connectivity index (χ3v) is 3.56. The largest absolute Gasteiger partial charge is 0.451 e. The van der Waals surface area contributed by atoms with Crippen molar-refractivity contribution in [2.24, 2.45) is 0 Å². The average Bonchev–Trinajstić information content (AvgIpc) is 3.01. The first-order chi connectivity index (χ1) is 8.66. The molecule has 1 N–H and O–H groups in total. The van der Waals surface area contributed by atoms with Crippen LogP contribution in [0, 0.1) is 0 Å². The molecule has 0 radical (unpaired) electrons. The van der Waals surface area contributed by atoms with E-state index >= 15 is 0 Å². The molecule has 5 heteroatoms. The predicted octanol–water partition coefficient (Wildman–Crippen LogP) is 1.16. The Morgan fingerprint density at radius 1 is 1.22 bits per heavy atom. The summed E-state index contributed by atoms with van der Waals surface area (Å²) in [6, 6.07) is 0.251. The highest BCUT2D eigenvalue weighted by Gasteiger charge is 2.29. The van der Waals surface area contributed by atoms with Crippen molar-refractivity contribution in [3.8, 4) is 0 Å². The van der Waals surface area contributed by atoms with Gasteiger partial charge in [-0.3, -0.25) is 4.79 Å². The zero-order valence-corrected chi connectivity index (χ0v) is 10.8. The van der Waals surface area contributed by atoms with Gasteiger partial charge in [0.05, 0.1) is 0 Å². The van der Waals surface area contributed by atoms with Crippen LogP contribution in [-0.2, 0) is 19.1 Å². The van der Waals surface area contributed by atoms with Crippen molar-refractivity contribution in [2.75, 3.05) is 6.61 Å². The summed E-state index contributed by atoms with van der Waals surface area (Å²) >= 11 is 0. The second-order valence-corrected chi connectivity index (χ2v) is 5.07. The molecule has 0 aromatic heterocycles. The van der Waals surface area contributed by atoms with E-state index in [4.69, 9.17) is 9.47 Å². The number of carbonyl (C=O) groups is 2. The Kier molecular flexibility index (Phi) is 4.58. The number of amides is 1. The van der Waals surface area contributed by atoms with E-state index in [1.807, 2.05) is 0 Å². The van der Waals surface area contributed by atoms with Gasteiger partial charge in [0.2, 0.25) is 0 Å². The van der Waals surface area contributed by atoms with Crippen molar-refractivity contribution in [2.45, 2.75) is 63.7 Å². The maximum Gasteiger partial charge on any atom is 0.336 e. The molecule has 0 aromatic carbocycles. The smallest absolute Gasteiger partial charge is 0.336 e. The summed E-state index contributed by atoms with van der Waals surface area (Å²) in [7, 11) is 0. The molecular weight excluding hydrogens is 234 g/mol. The van der Waals surface area contributed by atoms with Crippen LogP contribution in [-0.4, -0.2) is 36.7 Å². The maximum atomic E-state index is 11.8. The highest BCUT2D eigenvalue weighted by Crippen LogP contribution is 2.18. The second kappa shape index (κ2) is 6.18. The summed E-state index contributed by atoms with van der Waals surface area (Å²) in [4.78, 5) is 23.5. The Morgan fingerprint density at radius 2 is 1.94 bits per heavy atom. The predicted molar refractivity (Wildman–Crippen MR) is 64.9 cm³/mol. The van der Waals surface area contributed by atoms with E-state index in [2.05, 4.69) is 5.32 Å². The lowest BCUT2D eigenvalue weighted by Gasteiger charge is -2.18. The fraction of sp³-hybridized carbons (Fsp3) is 0.846. The molecule has 1 amide bonds. The highest BCUT2D eigenvalue weighted by molar-refractivity contribution is 5.84. The Labute approximate surface area is 107 Å². The Morgan fingerprint density at radius 3 is 2.56 bits per heavy atom. The molecule has 2 aliphatic rings. The standard InChI is InChI=1S/C13H21NO4/c1-9(12(15)14-10-5-2-3-6-10)18-13(16)11-7-4-8-17-11/h9-11H,2-8H2,1H3,(H,14,15)/t9-,11+/m1/s1. The molecule has 5 nitrogen and oxygen atoms in total. The van der Waals surface area contributed by atoms with Crippen LogP contribution in [0.25, 0.3) is 0 Å². The Bertz CT molecular complexity index is 306. The molecule has 2 rings (SSSR count). The van der Waals surface area contributed by atoms with Gasteiger partial charge in [-0.2, -0.15) is 0 Å². The summed E-state index contributed by atoms with van der Waals surface area (Å²) < 4.78 is 10.4. The topological polar surface area (TPSA) is 64.6 Å². The molecule has 0 aromatic rings. The lowest BCUT2D eigenvalue weighted by Crippen LogP contribution is -2.42. The minimum atomic E-state index is -0.734. The van der Waals surface area contributed by atoms with Crippen LogP contribution < -0.4 is 5.32 Å². The molecule has 2 fully saturated rings. The van der Waals surface area contributed by atoms with Gasteiger partial charge in [0.1, 0.15) is 0 Å². The lowest BCUT2D eigenvalue weighted by molar-refractivity contribution is -0.163. The molecule has 1 aliphatic carbocycles. The molecule has 1 heterocycles. The fourth-order valence-corrected chi connectivity index (χ4v) is 2.46. The number of carbonyl (C=O) groups excluding carboxylic acids is 2. The summed E-state index contributed by atoms with van der Waals surface area (Å²) in [6.45, 7) is 2.21. The van der Waals surface area contributed by atoms with Gasteiger partial charge in [-0.15, -0.1) is 0 Å². The van der Waals surface area contributed by atoms with Crippen molar-refractivity contribution in [3.63, 3.8) is 0 Å². The van der Waals surface area contributed by atoms with Crippen LogP contribution >= 0.6 is 0 Å². The number of esters is 1. The van der Waals surface area contributed by atoms with E-state index in [1.54, 1.807) is 6.92 Å². The van der Waals surface area contributed by atoms with E-state index < -0.39 is 18.2 Å². The highest BCUT2D eigenvalue weighted by atomic mass is 16.6. The maximum absolute atomic E-state index is 11.8. The van der Waals surface area contributed by atoms with Crippen molar-refractivity contribution in [1.29, 1.82) is 0 Å². The van der Waals surface area contributed by atoms with E-state index in [-0.39, 0.29) is 11.9 Å². The zero-order chi connectivity index (χ0) is 13.0. The number of ether oxygens (including phenoxy) is 2. The van der Waals surface area contributed by atoms with Gasteiger partial charge < -0.3 is 14.8 Å². The summed E-state index contributed by atoms with van der Waals surface area (Å²) in [5.74, 6) is -0.616. The van der Waals surface area contributed by atoms with Gasteiger partial charge >= 0.3 is 5.97 Å².